The number of nitrogens with zero attached hydrogens (tertiary/aromatic N) is 3. The third kappa shape index (κ3) is 3.19. The molecule has 1 saturated heterocycles. The van der Waals surface area contributed by atoms with Crippen molar-refractivity contribution in [1.82, 2.24) is 14.5 Å². The van der Waals surface area contributed by atoms with Gasteiger partial charge in [0.15, 0.2) is 0 Å². The Labute approximate surface area is 120 Å². The normalized spacial score (nSPS) is 19.8. The summed E-state index contributed by atoms with van der Waals surface area (Å²) in [5.41, 5.74) is 2.29. The number of para-hydroxylation sites is 2. The standard InChI is InChI=1S/C16H23N3O/c1-18(12-14-6-4-5-11-20-14)9-10-19-13-17-15-7-2-3-8-16(15)19/h2-3,7-8,13-14H,4-6,9-12H2,1H3/t14-/m0/s1. The zero-order valence-electron chi connectivity index (χ0n) is 12.2. The first kappa shape index (κ1) is 13.6. The molecule has 1 fully saturated rings. The van der Waals surface area contributed by atoms with Crippen LogP contribution < -0.4 is 0 Å². The number of rotatable bonds is 5. The summed E-state index contributed by atoms with van der Waals surface area (Å²) in [6.07, 6.45) is 6.10. The average molecular weight is 273 g/mol. The van der Waals surface area contributed by atoms with Gasteiger partial charge in [-0.1, -0.05) is 12.1 Å². The van der Waals surface area contributed by atoms with Crippen LogP contribution in [0.5, 0.6) is 0 Å². The van der Waals surface area contributed by atoms with Crippen molar-refractivity contribution in [2.24, 2.45) is 0 Å². The summed E-state index contributed by atoms with van der Waals surface area (Å²) in [5, 5.41) is 0. The third-order valence-corrected chi connectivity index (χ3v) is 4.04. The molecule has 4 nitrogen and oxygen atoms in total. The smallest absolute Gasteiger partial charge is 0.0958 e. The van der Waals surface area contributed by atoms with E-state index in [2.05, 4.69) is 39.7 Å². The molecule has 2 aromatic rings. The number of hydrogen-bond donors (Lipinski definition) is 0. The van der Waals surface area contributed by atoms with Crippen molar-refractivity contribution in [1.29, 1.82) is 0 Å². The summed E-state index contributed by atoms with van der Waals surface area (Å²) in [4.78, 5) is 6.80. The number of benzene rings is 1. The van der Waals surface area contributed by atoms with Crippen LogP contribution in [0.1, 0.15) is 19.3 Å². The van der Waals surface area contributed by atoms with Gasteiger partial charge in [-0.3, -0.25) is 0 Å². The molecular formula is C16H23N3O. The SMILES string of the molecule is CN(CCn1cnc2ccccc21)C[C@@H]1CCCCO1. The summed E-state index contributed by atoms with van der Waals surface area (Å²) in [5.74, 6) is 0. The van der Waals surface area contributed by atoms with Crippen molar-refractivity contribution in [2.45, 2.75) is 31.9 Å². The quantitative estimate of drug-likeness (QED) is 0.838. The molecule has 1 atom stereocenters. The Bertz CT molecular complexity index is 545. The van der Waals surface area contributed by atoms with Crippen LogP contribution in [0.4, 0.5) is 0 Å². The molecule has 0 spiro atoms. The molecule has 0 unspecified atom stereocenters. The first-order chi connectivity index (χ1) is 9.83. The van der Waals surface area contributed by atoms with E-state index in [4.69, 9.17) is 4.74 Å². The molecule has 20 heavy (non-hydrogen) atoms. The number of likely N-dealkylation sites (N-methyl/N-ethyl adjacent to an activating group) is 1. The Morgan fingerprint density at radius 2 is 2.25 bits per heavy atom. The molecule has 1 aliphatic rings. The molecule has 0 saturated carbocycles. The molecular weight excluding hydrogens is 250 g/mol. The molecule has 0 radical (unpaired) electrons. The molecule has 0 aliphatic carbocycles. The molecule has 1 aromatic heterocycles. The van der Waals surface area contributed by atoms with Gasteiger partial charge in [0.25, 0.3) is 0 Å². The lowest BCUT2D eigenvalue weighted by atomic mass is 10.1. The highest BCUT2D eigenvalue weighted by Gasteiger charge is 2.15. The molecule has 108 valence electrons. The summed E-state index contributed by atoms with van der Waals surface area (Å²) in [7, 11) is 2.18. The molecule has 1 aliphatic heterocycles. The predicted octanol–water partition coefficient (Wildman–Crippen LogP) is 2.54. The summed E-state index contributed by atoms with van der Waals surface area (Å²) < 4.78 is 8.02. The first-order valence-corrected chi connectivity index (χ1v) is 7.53. The maximum absolute atomic E-state index is 5.80. The number of aromatic nitrogens is 2. The van der Waals surface area contributed by atoms with Gasteiger partial charge in [-0.15, -0.1) is 0 Å². The fourth-order valence-corrected chi connectivity index (χ4v) is 2.86. The van der Waals surface area contributed by atoms with Gasteiger partial charge in [-0.25, -0.2) is 4.98 Å². The lowest BCUT2D eigenvalue weighted by molar-refractivity contribution is -0.00178. The van der Waals surface area contributed by atoms with Gasteiger partial charge in [0.05, 0.1) is 23.5 Å². The second-order valence-corrected chi connectivity index (χ2v) is 5.68. The zero-order valence-corrected chi connectivity index (χ0v) is 12.2. The van der Waals surface area contributed by atoms with Crippen LogP contribution in [0.25, 0.3) is 11.0 Å². The number of ether oxygens (including phenoxy) is 1. The molecule has 0 N–H and O–H groups in total. The molecule has 2 heterocycles. The van der Waals surface area contributed by atoms with Crippen LogP contribution in [0, 0.1) is 0 Å². The van der Waals surface area contributed by atoms with Crippen molar-refractivity contribution in [3.05, 3.63) is 30.6 Å². The van der Waals surface area contributed by atoms with E-state index in [1.165, 1.54) is 24.8 Å². The van der Waals surface area contributed by atoms with E-state index < -0.39 is 0 Å². The summed E-state index contributed by atoms with van der Waals surface area (Å²) in [6.45, 7) is 3.97. The van der Waals surface area contributed by atoms with E-state index >= 15 is 0 Å². The van der Waals surface area contributed by atoms with Crippen molar-refractivity contribution < 1.29 is 4.74 Å². The third-order valence-electron chi connectivity index (χ3n) is 4.04. The van der Waals surface area contributed by atoms with Crippen LogP contribution in [0.3, 0.4) is 0 Å². The van der Waals surface area contributed by atoms with Crippen molar-refractivity contribution >= 4 is 11.0 Å². The molecule has 0 amide bonds. The monoisotopic (exact) mass is 273 g/mol. The minimum Gasteiger partial charge on any atom is -0.377 e. The van der Waals surface area contributed by atoms with Crippen molar-refractivity contribution in [2.75, 3.05) is 26.7 Å². The largest absolute Gasteiger partial charge is 0.377 e. The fourth-order valence-electron chi connectivity index (χ4n) is 2.86. The minimum absolute atomic E-state index is 0.424. The highest BCUT2D eigenvalue weighted by Crippen LogP contribution is 2.14. The fraction of sp³-hybridized carbons (Fsp3) is 0.562. The zero-order chi connectivity index (χ0) is 13.8. The topological polar surface area (TPSA) is 30.3 Å². The van der Waals surface area contributed by atoms with Crippen molar-refractivity contribution in [3.63, 3.8) is 0 Å². The molecule has 4 heteroatoms. The van der Waals surface area contributed by atoms with Crippen LogP contribution in [0.2, 0.25) is 0 Å². The van der Waals surface area contributed by atoms with E-state index in [-0.39, 0.29) is 0 Å². The molecule has 1 aromatic carbocycles. The Balaban J connectivity index is 1.53. The Morgan fingerprint density at radius 1 is 1.35 bits per heavy atom. The van der Waals surface area contributed by atoms with Gasteiger partial charge >= 0.3 is 0 Å². The number of fused-ring (bicyclic) bond motifs is 1. The number of hydrogen-bond acceptors (Lipinski definition) is 3. The van der Waals surface area contributed by atoms with Crippen LogP contribution in [-0.2, 0) is 11.3 Å². The van der Waals surface area contributed by atoms with Gasteiger partial charge in [-0.05, 0) is 38.4 Å². The highest BCUT2D eigenvalue weighted by atomic mass is 16.5. The summed E-state index contributed by atoms with van der Waals surface area (Å²) in [6, 6.07) is 8.30. The Kier molecular flexibility index (Phi) is 4.33. The van der Waals surface area contributed by atoms with E-state index in [0.717, 1.165) is 31.8 Å². The van der Waals surface area contributed by atoms with Crippen LogP contribution in [-0.4, -0.2) is 47.3 Å². The van der Waals surface area contributed by atoms with Gasteiger partial charge in [0, 0.05) is 26.2 Å². The summed E-state index contributed by atoms with van der Waals surface area (Å²) >= 11 is 0. The predicted molar refractivity (Wildman–Crippen MR) is 80.8 cm³/mol. The van der Waals surface area contributed by atoms with Crippen molar-refractivity contribution in [3.8, 4) is 0 Å². The number of imidazole rings is 1. The maximum Gasteiger partial charge on any atom is 0.0958 e. The van der Waals surface area contributed by atoms with Gasteiger partial charge in [0.1, 0.15) is 0 Å². The second kappa shape index (κ2) is 6.37. The minimum atomic E-state index is 0.424. The van der Waals surface area contributed by atoms with E-state index in [9.17, 15) is 0 Å². The lowest BCUT2D eigenvalue weighted by Crippen LogP contribution is -2.35. The van der Waals surface area contributed by atoms with Crippen LogP contribution in [0.15, 0.2) is 30.6 Å². The average Bonchev–Trinajstić information content (AvgIpc) is 2.89. The van der Waals surface area contributed by atoms with Gasteiger partial charge in [0.2, 0.25) is 0 Å². The molecule has 0 bridgehead atoms. The maximum atomic E-state index is 5.80. The Hall–Kier alpha value is -1.39. The van der Waals surface area contributed by atoms with E-state index in [0.29, 0.717) is 6.10 Å². The van der Waals surface area contributed by atoms with E-state index in [1.807, 2.05) is 12.4 Å². The highest BCUT2D eigenvalue weighted by molar-refractivity contribution is 5.74. The first-order valence-electron chi connectivity index (χ1n) is 7.53. The van der Waals surface area contributed by atoms with Crippen LogP contribution >= 0.6 is 0 Å². The lowest BCUT2D eigenvalue weighted by Gasteiger charge is -2.27. The van der Waals surface area contributed by atoms with E-state index in [1.54, 1.807) is 0 Å². The Morgan fingerprint density at radius 3 is 3.10 bits per heavy atom. The van der Waals surface area contributed by atoms with Gasteiger partial charge < -0.3 is 14.2 Å². The van der Waals surface area contributed by atoms with Gasteiger partial charge in [-0.2, -0.15) is 0 Å². The second-order valence-electron chi connectivity index (χ2n) is 5.68. The molecule has 3 rings (SSSR count).